The van der Waals surface area contributed by atoms with Crippen molar-refractivity contribution in [2.45, 2.75) is 0 Å². The first-order chi connectivity index (χ1) is 2.45. The van der Waals surface area contributed by atoms with Gasteiger partial charge in [0.25, 0.3) is 0 Å². The van der Waals surface area contributed by atoms with Gasteiger partial charge >= 0.3 is 82.1 Å². The minimum absolute atomic E-state index is 3.34. The molecule has 0 bridgehead atoms. The summed E-state index contributed by atoms with van der Waals surface area (Å²) in [6, 6.07) is 0. The summed E-state index contributed by atoms with van der Waals surface area (Å²) in [4.78, 5) is 0. The molecule has 0 spiro atoms. The van der Waals surface area contributed by atoms with Crippen LogP contribution in [0.5, 0.6) is 0 Å². The van der Waals surface area contributed by atoms with Crippen LogP contribution in [-0.4, -0.2) is 0 Å². The average Bonchev–Trinajstić information content (AvgIpc) is 0.592. The zero-order valence-electron chi connectivity index (χ0n) is 2.62. The van der Waals surface area contributed by atoms with Gasteiger partial charge in [0, 0.05) is 0 Å². The summed E-state index contributed by atoms with van der Waals surface area (Å²) in [5.41, 5.74) is 0. The molecular formula is Br6Os-3. The van der Waals surface area contributed by atoms with Crippen LogP contribution >= 0.6 is 81.4 Å². The maximum absolute atomic E-state index is 3.36. The van der Waals surface area contributed by atoms with E-state index in [9.17, 15) is 0 Å². The second kappa shape index (κ2) is 2.01. The van der Waals surface area contributed by atoms with E-state index in [1.54, 1.807) is 0 Å². The molecule has 0 N–H and O–H groups in total. The molecule has 0 nitrogen and oxygen atoms in total. The molecule has 7 heavy (non-hydrogen) atoms. The first-order valence-corrected chi connectivity index (χ1v) is 34.1. The van der Waals surface area contributed by atoms with Crippen molar-refractivity contribution in [2.75, 3.05) is 0 Å². The minimum atomic E-state index is -3.34. The Balaban J connectivity index is 4.43. The molecule has 0 atom stereocenters. The van der Waals surface area contributed by atoms with Crippen molar-refractivity contribution in [3.63, 3.8) is 0 Å². The van der Waals surface area contributed by atoms with Gasteiger partial charge in [-0.1, -0.05) is 0 Å². The molecule has 0 saturated heterocycles. The van der Waals surface area contributed by atoms with Crippen molar-refractivity contribution in [3.05, 3.63) is 0 Å². The zero-order valence-corrected chi connectivity index (χ0v) is 14.7. The van der Waals surface area contributed by atoms with E-state index in [-0.39, 0.29) is 0 Å². The molecule has 0 aromatic heterocycles. The van der Waals surface area contributed by atoms with Crippen LogP contribution in [0.15, 0.2) is 0 Å². The van der Waals surface area contributed by atoms with Crippen LogP contribution in [0, 0.1) is 0 Å². The average molecular weight is 670 g/mol. The topological polar surface area (TPSA) is 0 Å². The van der Waals surface area contributed by atoms with E-state index in [0.717, 1.165) is 0 Å². The second-order valence-corrected chi connectivity index (χ2v) is 167. The van der Waals surface area contributed by atoms with Crippen LogP contribution in [0.25, 0.3) is 0 Å². The summed E-state index contributed by atoms with van der Waals surface area (Å²) in [6.45, 7) is 0. The van der Waals surface area contributed by atoms with Crippen LogP contribution in [0.2, 0.25) is 0 Å². The van der Waals surface area contributed by atoms with E-state index in [2.05, 4.69) is 81.4 Å². The van der Waals surface area contributed by atoms with Gasteiger partial charge in [0.15, 0.2) is 0 Å². The molecule has 0 amide bonds. The Morgan fingerprint density at radius 3 is 0.571 bits per heavy atom. The molecule has 0 aliphatic carbocycles. The summed E-state index contributed by atoms with van der Waals surface area (Å²) >= 11 is 20.2. The Kier molecular flexibility index (Phi) is 3.02. The van der Waals surface area contributed by atoms with Crippen molar-refractivity contribution in [2.24, 2.45) is 0 Å². The first-order valence-electron chi connectivity index (χ1n) is 0.802. The maximum atomic E-state index is 3.36. The number of halogens is 6. The van der Waals surface area contributed by atoms with Gasteiger partial charge in [0.2, 0.25) is 0 Å². The zero-order chi connectivity index (χ0) is 6.41. The van der Waals surface area contributed by atoms with Crippen LogP contribution in [-0.2, 0) is 0.772 Å². The van der Waals surface area contributed by atoms with E-state index >= 15 is 0 Å². The second-order valence-electron chi connectivity index (χ2n) is 0.758. The molecule has 0 aliphatic rings. The van der Waals surface area contributed by atoms with Crippen molar-refractivity contribution in [3.8, 4) is 0 Å². The Hall–Kier alpha value is 3.52. The van der Waals surface area contributed by atoms with E-state index < -0.39 is 0.772 Å². The van der Waals surface area contributed by atoms with Crippen molar-refractivity contribution in [1.29, 1.82) is 0 Å². The van der Waals surface area contributed by atoms with Crippen molar-refractivity contribution in [1.82, 2.24) is 0 Å². The van der Waals surface area contributed by atoms with Gasteiger partial charge in [0.1, 0.15) is 0 Å². The summed E-state index contributed by atoms with van der Waals surface area (Å²) in [5, 5.41) is 0. The summed E-state index contributed by atoms with van der Waals surface area (Å²) < 4.78 is -3.34. The van der Waals surface area contributed by atoms with Gasteiger partial charge in [-0.15, -0.1) is 0 Å². The Bertz CT molecular complexity index is 62.7. The van der Waals surface area contributed by atoms with Crippen LogP contribution < -0.4 is 0 Å². The van der Waals surface area contributed by atoms with Crippen LogP contribution in [0.1, 0.15) is 0 Å². The molecule has 0 aromatic rings. The van der Waals surface area contributed by atoms with Gasteiger partial charge in [-0.2, -0.15) is 0 Å². The van der Waals surface area contributed by atoms with E-state index in [4.69, 9.17) is 0 Å². The molecule has 0 unspecified atom stereocenters. The van der Waals surface area contributed by atoms with Gasteiger partial charge in [-0.3, -0.25) is 0 Å². The fourth-order valence-corrected chi connectivity index (χ4v) is 0. The van der Waals surface area contributed by atoms with E-state index in [0.29, 0.717) is 0 Å². The number of hydrogen-bond donors (Lipinski definition) is 0. The SMILES string of the molecule is [Br][Os-3]([Br])([Br])([Br])([Br])[Br]. The molecule has 53 valence electrons. The third-order valence-electron chi connectivity index (χ3n) is 0. The molecule has 0 saturated carbocycles. The molecule has 0 rings (SSSR count). The fraction of sp³-hybridized carbons (Fsp3) is 0. The van der Waals surface area contributed by atoms with E-state index in [1.807, 2.05) is 0 Å². The predicted molar refractivity (Wildman–Crippen MR) is 53.6 cm³/mol. The van der Waals surface area contributed by atoms with Gasteiger partial charge in [-0.25, -0.2) is 0 Å². The molecule has 0 aromatic carbocycles. The molecule has 0 heterocycles. The third kappa shape index (κ3) is 43.5. The van der Waals surface area contributed by atoms with Crippen LogP contribution in [0.3, 0.4) is 0 Å². The number of rotatable bonds is 0. The molecule has 0 aliphatic heterocycles. The summed E-state index contributed by atoms with van der Waals surface area (Å²) in [5.74, 6) is 0. The van der Waals surface area contributed by atoms with Crippen molar-refractivity contribution < 1.29 is 0.772 Å². The Labute approximate surface area is 80.1 Å². The third-order valence-corrected chi connectivity index (χ3v) is 0. The van der Waals surface area contributed by atoms with Gasteiger partial charge in [-0.05, 0) is 0 Å². The standard InChI is InChI=1S/6BrH.Os/h6*1H;/q;;;;;;+3/p-6. The predicted octanol–water partition coefficient (Wildman–Crippen LogP) is 5.07. The molecule has 0 fully saturated rings. The molecule has 7 heteroatoms. The summed E-state index contributed by atoms with van der Waals surface area (Å²) in [7, 11) is 0. The molecular weight excluding hydrogens is 670 g/mol. The Morgan fingerprint density at radius 1 is 0.571 bits per heavy atom. The first kappa shape index (κ1) is 10.5. The number of hydrogen-bond acceptors (Lipinski definition) is 0. The summed E-state index contributed by atoms with van der Waals surface area (Å²) in [6.07, 6.45) is 0. The normalized spacial score (nSPS) is 23.1. The monoisotopic (exact) mass is 665 g/mol. The van der Waals surface area contributed by atoms with Gasteiger partial charge < -0.3 is 0 Å². The van der Waals surface area contributed by atoms with Crippen LogP contribution in [0.4, 0.5) is 0 Å². The van der Waals surface area contributed by atoms with Gasteiger partial charge in [0.05, 0.1) is 0 Å². The quantitative estimate of drug-likeness (QED) is 0.338. The fourth-order valence-electron chi connectivity index (χ4n) is 0. The van der Waals surface area contributed by atoms with E-state index in [1.165, 1.54) is 0 Å². The molecule has 0 radical (unpaired) electrons. The Morgan fingerprint density at radius 2 is 0.571 bits per heavy atom. The van der Waals surface area contributed by atoms with Crippen molar-refractivity contribution >= 4 is 81.4 Å².